The van der Waals surface area contributed by atoms with Gasteiger partial charge in [-0.25, -0.2) is 4.79 Å². The van der Waals surface area contributed by atoms with Crippen molar-refractivity contribution < 1.29 is 19.0 Å². The molecule has 2 N–H and O–H groups in total. The van der Waals surface area contributed by atoms with Crippen molar-refractivity contribution in [3.63, 3.8) is 0 Å². The molecule has 1 aliphatic carbocycles. The standard InChI is InChI=1S/C30H40N4O4/c1-30(2,3)27(12-8-16-38-29(31)35)34(24-11-6-9-20-10-7-14-33-28(20)24)19-23-22-18-26(37-5)25(36-4)17-21(22)13-15-32-23/h7,10,13-15,17-18,24,27H,6,8-9,11-12,16,19H2,1-5H3,(H2,31,35). The number of methoxy groups -OCH3 is 2. The molecule has 0 radical (unpaired) electrons. The minimum absolute atomic E-state index is 0.0510. The van der Waals surface area contributed by atoms with E-state index in [0.717, 1.165) is 54.3 Å². The molecule has 0 saturated carbocycles. The third-order valence-electron chi connectivity index (χ3n) is 7.52. The number of aryl methyl sites for hydroxylation is 1. The van der Waals surface area contributed by atoms with E-state index in [9.17, 15) is 4.79 Å². The van der Waals surface area contributed by atoms with Crippen LogP contribution in [-0.2, 0) is 17.7 Å². The molecule has 1 amide bonds. The van der Waals surface area contributed by atoms with E-state index in [1.807, 2.05) is 36.7 Å². The van der Waals surface area contributed by atoms with Gasteiger partial charge in [0.2, 0.25) is 0 Å². The summed E-state index contributed by atoms with van der Waals surface area (Å²) < 4.78 is 16.3. The second-order valence-electron chi connectivity index (χ2n) is 11.0. The first kappa shape index (κ1) is 27.6. The van der Waals surface area contributed by atoms with E-state index < -0.39 is 6.09 Å². The second-order valence-corrected chi connectivity index (χ2v) is 11.0. The molecule has 3 aromatic rings. The highest BCUT2D eigenvalue weighted by molar-refractivity contribution is 5.87. The van der Waals surface area contributed by atoms with E-state index in [-0.39, 0.29) is 17.5 Å². The number of hydrogen-bond donors (Lipinski definition) is 1. The number of carbonyl (C=O) groups is 1. The van der Waals surface area contributed by atoms with E-state index in [1.54, 1.807) is 14.2 Å². The van der Waals surface area contributed by atoms with Crippen molar-refractivity contribution in [3.05, 3.63) is 59.7 Å². The van der Waals surface area contributed by atoms with Crippen LogP contribution < -0.4 is 15.2 Å². The molecule has 0 spiro atoms. The van der Waals surface area contributed by atoms with E-state index >= 15 is 0 Å². The average molecular weight is 521 g/mol. The highest BCUT2D eigenvalue weighted by Crippen LogP contribution is 2.41. The lowest BCUT2D eigenvalue weighted by atomic mass is 9.80. The van der Waals surface area contributed by atoms with Gasteiger partial charge >= 0.3 is 6.09 Å². The summed E-state index contributed by atoms with van der Waals surface area (Å²) in [5.41, 5.74) is 8.62. The monoisotopic (exact) mass is 520 g/mol. The SMILES string of the molecule is COc1cc2ccnc(CN(C3CCCc4cccnc43)C(CCCOC(N)=O)C(C)(C)C)c2cc1OC. The number of aromatic nitrogens is 2. The second kappa shape index (κ2) is 12.0. The number of fused-ring (bicyclic) bond motifs is 2. The normalized spacial score (nSPS) is 16.2. The van der Waals surface area contributed by atoms with Gasteiger partial charge in [-0.15, -0.1) is 0 Å². The summed E-state index contributed by atoms with van der Waals surface area (Å²) in [4.78, 5) is 23.5. The molecule has 0 saturated heterocycles. The van der Waals surface area contributed by atoms with Crippen LogP contribution in [0.1, 0.15) is 69.4 Å². The van der Waals surface area contributed by atoms with Crippen LogP contribution in [0, 0.1) is 5.41 Å². The number of primary amides is 1. The number of hydrogen-bond acceptors (Lipinski definition) is 7. The van der Waals surface area contributed by atoms with Gasteiger partial charge in [0, 0.05) is 30.4 Å². The maximum Gasteiger partial charge on any atom is 0.404 e. The van der Waals surface area contributed by atoms with Crippen molar-refractivity contribution in [1.29, 1.82) is 0 Å². The van der Waals surface area contributed by atoms with E-state index in [0.29, 0.717) is 24.7 Å². The Morgan fingerprint density at radius 1 is 1.13 bits per heavy atom. The molecule has 0 bridgehead atoms. The average Bonchev–Trinajstić information content (AvgIpc) is 2.90. The van der Waals surface area contributed by atoms with Gasteiger partial charge < -0.3 is 19.9 Å². The summed E-state index contributed by atoms with van der Waals surface area (Å²) in [5, 5.41) is 2.09. The Balaban J connectivity index is 1.78. The molecule has 1 aromatic carbocycles. The molecule has 204 valence electrons. The number of rotatable bonds is 10. The lowest BCUT2D eigenvalue weighted by Crippen LogP contribution is -2.47. The van der Waals surface area contributed by atoms with Gasteiger partial charge in [0.15, 0.2) is 11.5 Å². The minimum Gasteiger partial charge on any atom is -0.493 e. The Kier molecular flexibility index (Phi) is 8.72. The third kappa shape index (κ3) is 6.18. The molecule has 2 atom stereocenters. The molecule has 0 aliphatic heterocycles. The van der Waals surface area contributed by atoms with Crippen LogP contribution in [0.2, 0.25) is 0 Å². The van der Waals surface area contributed by atoms with Crippen molar-refractivity contribution in [3.8, 4) is 11.5 Å². The number of ether oxygens (including phenoxy) is 3. The quantitative estimate of drug-likeness (QED) is 0.336. The van der Waals surface area contributed by atoms with Gasteiger partial charge in [-0.05, 0) is 72.7 Å². The van der Waals surface area contributed by atoms with E-state index in [4.69, 9.17) is 29.9 Å². The number of pyridine rings is 2. The molecule has 4 rings (SSSR count). The highest BCUT2D eigenvalue weighted by atomic mass is 16.5. The number of nitrogens with zero attached hydrogens (tertiary/aromatic N) is 3. The molecule has 2 heterocycles. The molecule has 8 heteroatoms. The molecular formula is C30H40N4O4. The largest absolute Gasteiger partial charge is 0.493 e. The predicted octanol–water partition coefficient (Wildman–Crippen LogP) is 5.82. The summed E-state index contributed by atoms with van der Waals surface area (Å²) in [6.07, 6.45) is 7.77. The van der Waals surface area contributed by atoms with Crippen LogP contribution in [0.3, 0.4) is 0 Å². The maximum atomic E-state index is 11.2. The smallest absolute Gasteiger partial charge is 0.404 e. The Morgan fingerprint density at radius 2 is 1.89 bits per heavy atom. The molecular weight excluding hydrogens is 480 g/mol. The number of amides is 1. The first-order valence-electron chi connectivity index (χ1n) is 13.3. The Morgan fingerprint density at radius 3 is 2.61 bits per heavy atom. The Hall–Kier alpha value is -3.39. The topological polar surface area (TPSA) is 99.8 Å². The van der Waals surface area contributed by atoms with Gasteiger partial charge in [0.05, 0.1) is 38.3 Å². The first-order chi connectivity index (χ1) is 18.2. The molecule has 0 fully saturated rings. The summed E-state index contributed by atoms with van der Waals surface area (Å²) in [5.74, 6) is 1.38. The third-order valence-corrected chi connectivity index (χ3v) is 7.52. The van der Waals surface area contributed by atoms with E-state index in [1.165, 1.54) is 5.56 Å². The lowest BCUT2D eigenvalue weighted by molar-refractivity contribution is 0.0290. The zero-order valence-corrected chi connectivity index (χ0v) is 23.2. The van der Waals surface area contributed by atoms with Crippen LogP contribution in [0.25, 0.3) is 10.8 Å². The van der Waals surface area contributed by atoms with Gasteiger partial charge in [0.1, 0.15) is 0 Å². The van der Waals surface area contributed by atoms with Crippen LogP contribution >= 0.6 is 0 Å². The molecule has 2 unspecified atom stereocenters. The maximum absolute atomic E-state index is 11.2. The van der Waals surface area contributed by atoms with Crippen molar-refractivity contribution in [2.75, 3.05) is 20.8 Å². The van der Waals surface area contributed by atoms with Crippen LogP contribution in [0.15, 0.2) is 42.7 Å². The lowest BCUT2D eigenvalue weighted by Gasteiger charge is -2.46. The molecule has 38 heavy (non-hydrogen) atoms. The zero-order chi connectivity index (χ0) is 27.3. The first-order valence-corrected chi connectivity index (χ1v) is 13.3. The van der Waals surface area contributed by atoms with Crippen LogP contribution in [0.4, 0.5) is 4.79 Å². The highest BCUT2D eigenvalue weighted by Gasteiger charge is 2.37. The number of nitrogens with two attached hydrogens (primary N) is 1. The van der Waals surface area contributed by atoms with Gasteiger partial charge in [-0.3, -0.25) is 14.9 Å². The minimum atomic E-state index is -0.732. The van der Waals surface area contributed by atoms with Gasteiger partial charge in [-0.2, -0.15) is 0 Å². The summed E-state index contributed by atoms with van der Waals surface area (Å²) in [7, 11) is 3.30. The van der Waals surface area contributed by atoms with Crippen molar-refractivity contribution >= 4 is 16.9 Å². The van der Waals surface area contributed by atoms with Gasteiger partial charge in [-0.1, -0.05) is 26.8 Å². The number of benzene rings is 1. The van der Waals surface area contributed by atoms with Crippen LogP contribution in [-0.4, -0.2) is 47.8 Å². The fourth-order valence-corrected chi connectivity index (χ4v) is 5.75. The molecule has 1 aliphatic rings. The fourth-order valence-electron chi connectivity index (χ4n) is 5.75. The molecule has 2 aromatic heterocycles. The van der Waals surface area contributed by atoms with Crippen LogP contribution in [0.5, 0.6) is 11.5 Å². The summed E-state index contributed by atoms with van der Waals surface area (Å²) in [6.45, 7) is 7.76. The van der Waals surface area contributed by atoms with Gasteiger partial charge in [0.25, 0.3) is 0 Å². The fraction of sp³-hybridized carbons (Fsp3) is 0.500. The predicted molar refractivity (Wildman–Crippen MR) is 148 cm³/mol. The molecule has 8 nitrogen and oxygen atoms in total. The number of carbonyl (C=O) groups excluding carboxylic acids is 1. The Bertz CT molecular complexity index is 1260. The summed E-state index contributed by atoms with van der Waals surface area (Å²) in [6, 6.07) is 10.6. The summed E-state index contributed by atoms with van der Waals surface area (Å²) >= 11 is 0. The van der Waals surface area contributed by atoms with Crippen molar-refractivity contribution in [2.24, 2.45) is 11.1 Å². The zero-order valence-electron chi connectivity index (χ0n) is 23.2. The Labute approximate surface area is 225 Å². The van der Waals surface area contributed by atoms with Crippen molar-refractivity contribution in [1.82, 2.24) is 14.9 Å². The van der Waals surface area contributed by atoms with Crippen molar-refractivity contribution in [2.45, 2.75) is 71.5 Å². The van der Waals surface area contributed by atoms with E-state index in [2.05, 4.69) is 31.7 Å².